The van der Waals surface area contributed by atoms with Crippen LogP contribution in [0.3, 0.4) is 0 Å². The number of ether oxygens (including phenoxy) is 9. The molecule has 14 unspecified atom stereocenters. The Morgan fingerprint density at radius 2 is 0.943 bits per heavy atom. The fraction of sp³-hybridized carbons (Fsp3) is 0.770. The molecule has 8 aliphatic rings. The summed E-state index contributed by atoms with van der Waals surface area (Å²) in [4.78, 5) is 124. The molecule has 10 N–H and O–H groups in total. The monoisotopic (exact) mass is 2030 g/mol. The molecule has 2 aliphatic heterocycles. The number of allylic oxidation sites excluding steroid dienone is 5. The van der Waals surface area contributed by atoms with Gasteiger partial charge in [0.05, 0.1) is 67.5 Å². The number of halogens is 2. The average Bonchev–Trinajstić information content (AvgIpc) is 1.63. The molecule has 36 heteroatoms. The van der Waals surface area contributed by atoms with Gasteiger partial charge in [-0.2, -0.15) is 0 Å². The number of aliphatic carboxylic acids is 1. The van der Waals surface area contributed by atoms with Crippen molar-refractivity contribution in [3.63, 3.8) is 0 Å². The van der Waals surface area contributed by atoms with Crippen molar-refractivity contribution >= 4 is 126 Å². The number of alkyl halides is 2. The molecule has 2 saturated carbocycles. The number of likely N-dealkylation sites (tertiary alicyclic amines) is 2. The van der Waals surface area contributed by atoms with E-state index in [4.69, 9.17) is 54.2 Å². The van der Waals surface area contributed by atoms with Crippen molar-refractivity contribution < 1.29 is 126 Å². The summed E-state index contributed by atoms with van der Waals surface area (Å²) in [6.07, 6.45) is 39.7. The molecule has 14 atom stereocenters. The van der Waals surface area contributed by atoms with E-state index in [1.807, 2.05) is 71.9 Å². The fourth-order valence-corrected chi connectivity index (χ4v) is 26.7. The van der Waals surface area contributed by atoms with E-state index in [-0.39, 0.29) is 54.9 Å². The van der Waals surface area contributed by atoms with Crippen molar-refractivity contribution in [3.8, 4) is 11.9 Å². The maximum absolute atomic E-state index is 12.4. The first kappa shape index (κ1) is 119. The average molecular weight is 2030 g/mol. The maximum atomic E-state index is 12.4. The molecule has 0 aromatic carbocycles. The van der Waals surface area contributed by atoms with Crippen LogP contribution in [0.15, 0.2) is 48.6 Å². The van der Waals surface area contributed by atoms with Crippen LogP contribution in [0.2, 0.25) is 13.3 Å². The number of carbonyl (C=O) groups excluding carboxylic acids is 9. The summed E-state index contributed by atoms with van der Waals surface area (Å²) in [7, 11) is 6.78. The first-order valence-corrected chi connectivity index (χ1v) is 52.3. The zero-order chi connectivity index (χ0) is 93.1. The fourth-order valence-electron chi connectivity index (χ4n) is 14.5. The van der Waals surface area contributed by atoms with Gasteiger partial charge >= 0.3 is 181 Å². The molecule has 6 aliphatic carbocycles. The molecular weight excluding hydrogens is 1880 g/mol. The molecule has 0 radical (unpaired) electrons. The number of unbranched alkanes of at least 4 members (excludes halogenated alkanes) is 3. The number of aliphatic hydroxyl groups is 4. The van der Waals surface area contributed by atoms with Crippen molar-refractivity contribution in [3.05, 3.63) is 48.6 Å². The Labute approximate surface area is 761 Å². The van der Waals surface area contributed by atoms with Crippen molar-refractivity contribution in [1.29, 1.82) is 0 Å². The van der Waals surface area contributed by atoms with Crippen molar-refractivity contribution in [1.82, 2.24) is 24.9 Å². The Hall–Kier alpha value is -6.15. The number of carboxylic acid groups (broad SMARTS) is 1. The van der Waals surface area contributed by atoms with Crippen LogP contribution in [0.25, 0.3) is 0 Å². The summed E-state index contributed by atoms with van der Waals surface area (Å²) in [5, 5.41) is 46.3. The summed E-state index contributed by atoms with van der Waals surface area (Å²) in [5.74, 6) is -0.842. The molecule has 0 bridgehead atoms. The van der Waals surface area contributed by atoms with E-state index >= 15 is 0 Å². The van der Waals surface area contributed by atoms with Gasteiger partial charge in [-0.05, 0) is 185 Å². The zero-order valence-corrected chi connectivity index (χ0v) is 83.9. The van der Waals surface area contributed by atoms with E-state index in [1.54, 1.807) is 65.6 Å². The molecule has 2 heterocycles. The second kappa shape index (κ2) is 63.7. The second-order valence-electron chi connectivity index (χ2n) is 34.5. The van der Waals surface area contributed by atoms with E-state index in [0.29, 0.717) is 47.5 Å². The minimum atomic E-state index is -1.05. The molecule has 0 aromatic rings. The molecule has 2 saturated heterocycles. The van der Waals surface area contributed by atoms with Crippen LogP contribution < -0.4 is 11.1 Å². The van der Waals surface area contributed by atoms with Crippen molar-refractivity contribution in [2.24, 2.45) is 17.6 Å². The summed E-state index contributed by atoms with van der Waals surface area (Å²) < 4.78 is 59.1. The molecular formula is C87H151BBrIN6O26Sn. The predicted molar refractivity (Wildman–Crippen MR) is 485 cm³/mol. The summed E-state index contributed by atoms with van der Waals surface area (Å²) in [5.41, 5.74) is 2.60. The van der Waals surface area contributed by atoms with Gasteiger partial charge in [-0.3, -0.25) is 34.5 Å². The molecule has 0 spiro atoms. The van der Waals surface area contributed by atoms with E-state index in [2.05, 4.69) is 97.0 Å². The minimum absolute atomic E-state index is 0. The molecule has 4 amide bonds. The molecule has 4 fully saturated rings. The molecule has 32 nitrogen and oxygen atoms in total. The number of rotatable bonds is 25. The molecule has 123 heavy (non-hydrogen) atoms. The normalized spacial score (nSPS) is 21.7. The number of nitrogens with two attached hydrogens (primary N) is 1. The van der Waals surface area contributed by atoms with Gasteiger partial charge in [0.25, 0.3) is 0 Å². The number of hydrogen-bond acceptors (Lipinski definition) is 26. The van der Waals surface area contributed by atoms with Crippen molar-refractivity contribution in [2.45, 2.75) is 352 Å². The second-order valence-corrected chi connectivity index (χ2v) is 46.5. The third-order valence-electron chi connectivity index (χ3n) is 20.3. The van der Waals surface area contributed by atoms with Crippen LogP contribution in [0.4, 0.5) is 19.2 Å². The number of nitrogens with one attached hydrogen (secondary N) is 1. The number of hydrogen-bond donors (Lipinski definition) is 7. The number of esters is 5. The van der Waals surface area contributed by atoms with Crippen LogP contribution in [-0.2, 0) is 76.1 Å². The van der Waals surface area contributed by atoms with Gasteiger partial charge in [0.15, 0.2) is 6.04 Å². The summed E-state index contributed by atoms with van der Waals surface area (Å²) >= 11 is 4.57. The summed E-state index contributed by atoms with van der Waals surface area (Å²) in [6, 6.07) is -4.34. The molecule has 8 rings (SSSR count). The van der Waals surface area contributed by atoms with Gasteiger partial charge in [0, 0.05) is 27.4 Å². The van der Waals surface area contributed by atoms with E-state index in [0.717, 1.165) is 70.6 Å². The van der Waals surface area contributed by atoms with Gasteiger partial charge in [-0.25, -0.2) is 38.4 Å². The number of carbonyl (C=O) groups is 10. The van der Waals surface area contributed by atoms with E-state index in [1.165, 1.54) is 108 Å². The Bertz CT molecular complexity index is 3230. The van der Waals surface area contributed by atoms with Crippen molar-refractivity contribution in [2.75, 3.05) is 59.8 Å². The predicted octanol–water partition coefficient (Wildman–Crippen LogP) is 12.5. The van der Waals surface area contributed by atoms with Gasteiger partial charge < -0.3 is 74.3 Å². The zero-order valence-electron chi connectivity index (χ0n) is 76.9. The number of fused-ring (bicyclic) bond motifs is 2. The Morgan fingerprint density at radius 3 is 1.24 bits per heavy atom. The van der Waals surface area contributed by atoms with Crippen LogP contribution >= 0.6 is 38.5 Å². The van der Waals surface area contributed by atoms with Gasteiger partial charge in [-0.15, -0.1) is 0 Å². The first-order chi connectivity index (χ1) is 57.4. The Morgan fingerprint density at radius 1 is 0.545 bits per heavy atom. The third-order valence-corrected chi connectivity index (χ3v) is 32.3. The first-order valence-electron chi connectivity index (χ1n) is 42.8. The van der Waals surface area contributed by atoms with Gasteiger partial charge in [-0.1, -0.05) is 100.0 Å². The van der Waals surface area contributed by atoms with Gasteiger partial charge in [0.1, 0.15) is 52.6 Å². The van der Waals surface area contributed by atoms with E-state index < -0.39 is 139 Å². The topological polar surface area (TPSA) is 454 Å². The number of amides is 4. The Kier molecular flexibility index (Phi) is 61.6. The number of nitrogens with zero attached hydrogens (tertiary/aromatic N) is 4. The standard InChI is InChI=1S/C14H22INO4.C14H23NO5.C14H23NO4.C13H21NO4.C9H15NO3.C5H7Br.C4H9NO3.3C4H9.C2HBO2.H2O.Sn.H/c1-14(2,3)20-13(18)16(10-7-5-6-8-10)11(9-15)12(17)19-4;1-14(2,3)20-13(18)15(10-7-5-6-8-10)11(9-16)12(17)19-4;1-14(2,3)19-13(17)15-10-7-5-6-9(10)8-11(15)12(16)18-4;1-13(2,3)18-12(17)14-9-6-4-5-8(9)7-10(14)11(15)16;1-13-9(12)8(6-11)10-7-4-2-3-5-7;6-5-3-1-2-4-5;1-8-4(7)3(5)2-6;3*1-3-4-2;4-2-1-3-5;;;/h5,7,10-11H,6,8-9H2,1-4H3;5,7,10-11,16H,6,8-9H2,1-4H3;9-11H,5-8H2,1-4H3;8-10H,4-7H2,1-3H3,(H,15,16);2,4,7-8,10-11H,3,5-6H2,1H3;1,3,5H,2,4H2;3,6H,2,5H2,1H3;3*1,3-4H2,2H3;4H;1H2;;. The summed E-state index contributed by atoms with van der Waals surface area (Å²) in [6.45, 7) is 27.5. The van der Waals surface area contributed by atoms with Crippen LogP contribution in [0.1, 0.15) is 245 Å². The van der Waals surface area contributed by atoms with Crippen LogP contribution in [-0.4, -0.2) is 291 Å². The van der Waals surface area contributed by atoms with Crippen LogP contribution in [0.5, 0.6) is 0 Å². The number of aliphatic hydroxyl groups excluding tert-OH is 4. The Balaban J connectivity index is 0. The number of carboxylic acids is 1. The van der Waals surface area contributed by atoms with Gasteiger partial charge in [0.2, 0.25) is 0 Å². The van der Waals surface area contributed by atoms with Crippen LogP contribution in [0, 0.1) is 23.8 Å². The van der Waals surface area contributed by atoms with E-state index in [9.17, 15) is 58.2 Å². The molecule has 706 valence electrons. The quantitative estimate of drug-likeness (QED) is 0.00849. The third kappa shape index (κ3) is 47.5. The molecule has 0 aromatic heterocycles. The SMILES string of the molecule is BrC1C=CCC1.CC(C)(C)OC(=O)N1C(C(=O)O)CC2CCCC21.CCC[CH2][SnH]([CH2]CCC)[CH2]CCC.COC(=O)C(CI)N(C(=O)OC(C)(C)C)C1C=CCC1.COC(=O)C(CO)N(C(=O)OC(C)(C)C)C1C=CCC1.COC(=O)C(CO)NC1C=CCC1.COC(=O)C(N)CO.COC(=O)C1CC2CCCC2N1C(=O)OC(C)(C)C.O.O=BC#CO. The number of methoxy groups -OCH3 is 5.